The molecule has 12 rings (SSSR count). The van der Waals surface area contributed by atoms with E-state index in [9.17, 15) is 0 Å². The maximum atomic E-state index is 5.56. The molecule has 1 aliphatic heterocycles. The molecule has 0 amide bonds. The number of thioether (sulfide) groups is 1. The molecule has 0 fully saturated rings. The van der Waals surface area contributed by atoms with Crippen LogP contribution in [0.1, 0.15) is 47.1 Å². The van der Waals surface area contributed by atoms with Crippen molar-refractivity contribution >= 4 is 66.6 Å². The fraction of sp³-hybridized carbons (Fsp3) is 0.0909. The number of hydrogen-bond acceptors (Lipinski definition) is 3. The van der Waals surface area contributed by atoms with E-state index in [1.165, 1.54) is 54.3 Å². The molecule has 0 spiro atoms. The molecule has 286 valence electrons. The smallest absolute Gasteiger partial charge is 0.235 e. The van der Waals surface area contributed by atoms with Crippen LogP contribution >= 0.6 is 11.8 Å². The third-order valence-electron chi connectivity index (χ3n) is 12.7. The lowest BCUT2D eigenvalue weighted by Crippen LogP contribution is -2.16. The molecule has 5 heteroatoms. The monoisotopic (exact) mass is 788 g/mol. The second-order valence-corrected chi connectivity index (χ2v) is 17.3. The van der Waals surface area contributed by atoms with E-state index in [0.29, 0.717) is 11.2 Å². The van der Waals surface area contributed by atoms with Crippen LogP contribution in [0.3, 0.4) is 0 Å². The summed E-state index contributed by atoms with van der Waals surface area (Å²) in [7, 11) is 0. The SMILES string of the molecule is C=C1/C=C\C=C/CCC(c2cc(-c3ccc4c(c3)c3ccccc3n4C3=CC=CC4Sc5ccccc5C34)nc(-n3c4ccccc4c4ccccc43)n2)c2ccccc21. The Morgan fingerprint density at radius 3 is 2.07 bits per heavy atom. The number of rotatable bonds is 4. The van der Waals surface area contributed by atoms with Crippen LogP contribution in [0.25, 0.3) is 72.1 Å². The molecule has 60 heavy (non-hydrogen) atoms. The summed E-state index contributed by atoms with van der Waals surface area (Å²) >= 11 is 1.98. The van der Waals surface area contributed by atoms with Gasteiger partial charge in [0.25, 0.3) is 0 Å². The van der Waals surface area contributed by atoms with Gasteiger partial charge in [0.15, 0.2) is 0 Å². The molecule has 0 saturated carbocycles. The summed E-state index contributed by atoms with van der Waals surface area (Å²) < 4.78 is 4.77. The van der Waals surface area contributed by atoms with E-state index >= 15 is 0 Å². The molecule has 0 N–H and O–H groups in total. The van der Waals surface area contributed by atoms with E-state index in [4.69, 9.17) is 9.97 Å². The van der Waals surface area contributed by atoms with Gasteiger partial charge in [-0.3, -0.25) is 4.57 Å². The molecule has 6 aromatic carbocycles. The van der Waals surface area contributed by atoms with Gasteiger partial charge in [-0.1, -0.05) is 146 Å². The van der Waals surface area contributed by atoms with Gasteiger partial charge >= 0.3 is 0 Å². The van der Waals surface area contributed by atoms with Gasteiger partial charge in [-0.05, 0) is 83.6 Å². The largest absolute Gasteiger partial charge is 0.312 e. The molecule has 2 aliphatic carbocycles. The highest BCUT2D eigenvalue weighted by atomic mass is 32.2. The van der Waals surface area contributed by atoms with Crippen LogP contribution in [0, 0.1) is 0 Å². The summed E-state index contributed by atoms with van der Waals surface area (Å²) in [5.74, 6) is 0.961. The number of benzene rings is 6. The van der Waals surface area contributed by atoms with Crippen molar-refractivity contribution in [3.63, 3.8) is 0 Å². The zero-order chi connectivity index (χ0) is 39.7. The molecule has 4 nitrogen and oxygen atoms in total. The van der Waals surface area contributed by atoms with Crippen molar-refractivity contribution in [1.82, 2.24) is 19.1 Å². The highest BCUT2D eigenvalue weighted by Gasteiger charge is 2.37. The van der Waals surface area contributed by atoms with Crippen molar-refractivity contribution in [3.05, 3.63) is 217 Å². The van der Waals surface area contributed by atoms with Gasteiger partial charge in [0.05, 0.1) is 33.5 Å². The third-order valence-corrected chi connectivity index (χ3v) is 14.0. The van der Waals surface area contributed by atoms with Gasteiger partial charge in [-0.15, -0.1) is 11.8 Å². The fourth-order valence-electron chi connectivity index (χ4n) is 9.98. The Hall–Kier alpha value is -6.95. The van der Waals surface area contributed by atoms with Gasteiger partial charge in [-0.2, -0.15) is 0 Å². The summed E-state index contributed by atoms with van der Waals surface area (Å²) in [5.41, 5.74) is 13.7. The standard InChI is InChI=1S/C55H40N4S/c1-35-17-4-2-3-5-20-39(38-19-7-6-18-37(35)38)46-34-45(56-55(57-46)59-48-26-13-8-21-40(48)41-22-9-14-27-49(41)59)36-31-32-50-44(33-36)42-23-10-12-25-47(42)58(50)51-28-16-30-53-54(51)43-24-11-15-29-52(43)60-53/h2-4,6-19,21-34,39,53-54H,1,5,20H2/b3-2-,17-4-. The van der Waals surface area contributed by atoms with E-state index in [2.05, 4.69) is 204 Å². The molecule has 9 aromatic rings. The van der Waals surface area contributed by atoms with Crippen molar-refractivity contribution in [2.45, 2.75) is 34.8 Å². The first-order valence-electron chi connectivity index (χ1n) is 20.9. The maximum Gasteiger partial charge on any atom is 0.235 e. The number of fused-ring (bicyclic) bond motifs is 10. The van der Waals surface area contributed by atoms with Crippen molar-refractivity contribution in [1.29, 1.82) is 0 Å². The van der Waals surface area contributed by atoms with Crippen molar-refractivity contribution < 1.29 is 0 Å². The highest BCUT2D eigenvalue weighted by molar-refractivity contribution is 8.00. The zero-order valence-corrected chi connectivity index (χ0v) is 33.8. The van der Waals surface area contributed by atoms with Crippen LogP contribution in [0.5, 0.6) is 0 Å². The fourth-order valence-corrected chi connectivity index (χ4v) is 11.4. The molecule has 0 bridgehead atoms. The van der Waals surface area contributed by atoms with Crippen molar-refractivity contribution in [2.75, 3.05) is 0 Å². The summed E-state index contributed by atoms with van der Waals surface area (Å²) in [4.78, 5) is 12.5. The van der Waals surface area contributed by atoms with Gasteiger partial charge in [0.2, 0.25) is 5.95 Å². The molecule has 0 radical (unpaired) electrons. The lowest BCUT2D eigenvalue weighted by Gasteiger charge is -2.25. The van der Waals surface area contributed by atoms with Crippen LogP contribution in [0.15, 0.2) is 200 Å². The minimum Gasteiger partial charge on any atom is -0.312 e. The van der Waals surface area contributed by atoms with E-state index < -0.39 is 0 Å². The molecular formula is C55H40N4S. The van der Waals surface area contributed by atoms with Crippen molar-refractivity contribution in [2.24, 2.45) is 0 Å². The molecule has 3 unspecified atom stereocenters. The summed E-state index contributed by atoms with van der Waals surface area (Å²) in [6.45, 7) is 4.50. The number of aromatic nitrogens is 4. The minimum atomic E-state index is 0.0136. The Bertz CT molecular complexity index is 3300. The third kappa shape index (κ3) is 5.53. The topological polar surface area (TPSA) is 35.6 Å². The first-order chi connectivity index (χ1) is 29.7. The first kappa shape index (κ1) is 35.0. The number of hydrogen-bond donors (Lipinski definition) is 0. The molecule has 3 aliphatic rings. The van der Waals surface area contributed by atoms with Crippen LogP contribution in [0.4, 0.5) is 0 Å². The molecule has 0 saturated heterocycles. The average molecular weight is 789 g/mol. The van der Waals surface area contributed by atoms with E-state index in [-0.39, 0.29) is 11.8 Å². The van der Waals surface area contributed by atoms with Crippen LogP contribution in [0.2, 0.25) is 0 Å². The molecule has 3 aromatic heterocycles. The molecular weight excluding hydrogens is 749 g/mol. The average Bonchev–Trinajstić information content (AvgIpc) is 3.96. The predicted molar refractivity (Wildman–Crippen MR) is 252 cm³/mol. The Morgan fingerprint density at radius 2 is 1.27 bits per heavy atom. The summed E-state index contributed by atoms with van der Waals surface area (Å²) in [5, 5.41) is 5.19. The Balaban J connectivity index is 1.09. The van der Waals surface area contributed by atoms with E-state index in [0.717, 1.165) is 52.0 Å². The number of para-hydroxylation sites is 3. The lowest BCUT2D eigenvalue weighted by atomic mass is 9.84. The lowest BCUT2D eigenvalue weighted by molar-refractivity contribution is 0.699. The Labute approximate surface area is 353 Å². The van der Waals surface area contributed by atoms with Crippen molar-refractivity contribution in [3.8, 4) is 17.2 Å². The van der Waals surface area contributed by atoms with Gasteiger partial charge < -0.3 is 4.57 Å². The first-order valence-corrected chi connectivity index (χ1v) is 21.7. The summed E-state index contributed by atoms with van der Waals surface area (Å²) in [6, 6.07) is 52.9. The maximum absolute atomic E-state index is 5.56. The zero-order valence-electron chi connectivity index (χ0n) is 32.9. The van der Waals surface area contributed by atoms with Gasteiger partial charge in [0, 0.05) is 54.8 Å². The van der Waals surface area contributed by atoms with Crippen LogP contribution in [-0.4, -0.2) is 24.4 Å². The minimum absolute atomic E-state index is 0.0136. The Kier molecular flexibility index (Phi) is 8.24. The highest BCUT2D eigenvalue weighted by Crippen LogP contribution is 2.53. The van der Waals surface area contributed by atoms with E-state index in [1.54, 1.807) is 0 Å². The number of nitrogens with zero attached hydrogens (tertiary/aromatic N) is 4. The Morgan fingerprint density at radius 1 is 0.600 bits per heavy atom. The molecule has 3 atom stereocenters. The van der Waals surface area contributed by atoms with Crippen LogP contribution in [-0.2, 0) is 0 Å². The summed E-state index contributed by atoms with van der Waals surface area (Å²) in [6.07, 6.45) is 17.4. The normalized spacial score (nSPS) is 19.6. The molecule has 4 heterocycles. The quantitative estimate of drug-likeness (QED) is 0.178. The van der Waals surface area contributed by atoms with Crippen LogP contribution < -0.4 is 0 Å². The van der Waals surface area contributed by atoms with E-state index in [1.807, 2.05) is 11.8 Å². The second-order valence-electron chi connectivity index (χ2n) is 16.0. The predicted octanol–water partition coefficient (Wildman–Crippen LogP) is 14.1. The van der Waals surface area contributed by atoms with Gasteiger partial charge in [-0.25, -0.2) is 9.97 Å². The van der Waals surface area contributed by atoms with Gasteiger partial charge in [0.1, 0.15) is 0 Å². The number of allylic oxidation sites excluding steroid dienone is 8. The second kappa shape index (κ2) is 14.1.